The van der Waals surface area contributed by atoms with Crippen molar-refractivity contribution in [1.29, 1.82) is 0 Å². The minimum atomic E-state index is -0.415. The second kappa shape index (κ2) is 6.01. The first-order valence-electron chi connectivity index (χ1n) is 7.98. The summed E-state index contributed by atoms with van der Waals surface area (Å²) in [4.78, 5) is 18.5. The summed E-state index contributed by atoms with van der Waals surface area (Å²) in [6.45, 7) is 7.05. The molecule has 8 nitrogen and oxygen atoms in total. The zero-order chi connectivity index (χ0) is 17.5. The summed E-state index contributed by atoms with van der Waals surface area (Å²) in [6.07, 6.45) is 3.09. The molecule has 1 aliphatic heterocycles. The van der Waals surface area contributed by atoms with Crippen LogP contribution in [-0.4, -0.2) is 56.9 Å². The van der Waals surface area contributed by atoms with Crippen molar-refractivity contribution in [2.24, 2.45) is 13.0 Å². The number of aryl methyl sites for hydroxylation is 1. The van der Waals surface area contributed by atoms with Crippen molar-refractivity contribution in [1.82, 2.24) is 24.6 Å². The Bertz CT molecular complexity index is 730. The molecule has 1 fully saturated rings. The highest BCUT2D eigenvalue weighted by atomic mass is 16.5. The maximum absolute atomic E-state index is 12.5. The third-order valence-corrected chi connectivity index (χ3v) is 4.36. The summed E-state index contributed by atoms with van der Waals surface area (Å²) in [7, 11) is 3.45. The van der Waals surface area contributed by atoms with Crippen molar-refractivity contribution in [2.45, 2.75) is 32.3 Å². The number of methoxy groups -OCH3 is 1. The quantitative estimate of drug-likeness (QED) is 0.818. The Labute approximate surface area is 140 Å². The van der Waals surface area contributed by atoms with Crippen LogP contribution >= 0.6 is 0 Å². The Hall–Kier alpha value is -2.22. The molecule has 2 aromatic heterocycles. The first-order valence-corrected chi connectivity index (χ1v) is 7.98. The van der Waals surface area contributed by atoms with Gasteiger partial charge in [0.05, 0.1) is 11.7 Å². The van der Waals surface area contributed by atoms with Gasteiger partial charge in [0.25, 0.3) is 11.8 Å². The molecular formula is C16H23N5O3. The molecule has 1 unspecified atom stereocenters. The fourth-order valence-corrected chi connectivity index (χ4v) is 3.02. The molecule has 0 radical (unpaired) electrons. The minimum Gasteiger partial charge on any atom is -0.418 e. The van der Waals surface area contributed by atoms with Gasteiger partial charge < -0.3 is 18.6 Å². The zero-order valence-electron chi connectivity index (χ0n) is 14.7. The Kier molecular flexibility index (Phi) is 4.16. The van der Waals surface area contributed by atoms with Crippen LogP contribution in [0.1, 0.15) is 26.7 Å². The van der Waals surface area contributed by atoms with Gasteiger partial charge in [-0.2, -0.15) is 0 Å². The van der Waals surface area contributed by atoms with Gasteiger partial charge in [0.15, 0.2) is 0 Å². The van der Waals surface area contributed by atoms with Crippen LogP contribution in [0, 0.1) is 5.92 Å². The van der Waals surface area contributed by atoms with Gasteiger partial charge in [-0.1, -0.05) is 13.8 Å². The SMILES string of the molecule is COC(C(=O)N1CC(C)(c2nnc(-c3cn(C)cn3)o2)C1)C(C)C. The number of likely N-dealkylation sites (tertiary alicyclic amines) is 1. The summed E-state index contributed by atoms with van der Waals surface area (Å²) in [5.74, 6) is 1.07. The monoisotopic (exact) mass is 333 g/mol. The topological polar surface area (TPSA) is 86.3 Å². The summed E-state index contributed by atoms with van der Waals surface area (Å²) in [5, 5.41) is 8.23. The van der Waals surface area contributed by atoms with Gasteiger partial charge in [-0.15, -0.1) is 10.2 Å². The standard InChI is InChI=1S/C16H23N5O3/c1-10(2)12(23-5)14(22)21-7-16(3,8-21)15-19-18-13(24-15)11-6-20(4)9-17-11/h6,9-10,12H,7-8H2,1-5H3. The molecule has 3 rings (SSSR count). The number of ether oxygens (including phenoxy) is 1. The molecule has 3 heterocycles. The largest absolute Gasteiger partial charge is 0.418 e. The Balaban J connectivity index is 1.69. The lowest BCUT2D eigenvalue weighted by molar-refractivity contribution is -0.152. The summed E-state index contributed by atoms with van der Waals surface area (Å²) < 4.78 is 12.9. The first-order chi connectivity index (χ1) is 11.3. The van der Waals surface area contributed by atoms with E-state index in [2.05, 4.69) is 15.2 Å². The molecule has 8 heteroatoms. The molecule has 2 aromatic rings. The van der Waals surface area contributed by atoms with E-state index >= 15 is 0 Å². The van der Waals surface area contributed by atoms with Crippen LogP contribution < -0.4 is 0 Å². The molecule has 0 saturated carbocycles. The van der Waals surface area contributed by atoms with Gasteiger partial charge in [-0.25, -0.2) is 4.98 Å². The van der Waals surface area contributed by atoms with E-state index in [0.29, 0.717) is 30.6 Å². The van der Waals surface area contributed by atoms with Crippen molar-refractivity contribution in [3.05, 3.63) is 18.4 Å². The lowest BCUT2D eigenvalue weighted by Gasteiger charge is -2.46. The molecule has 1 aliphatic rings. The van der Waals surface area contributed by atoms with Gasteiger partial charge in [0.1, 0.15) is 11.8 Å². The average Bonchev–Trinajstić information content (AvgIpc) is 3.12. The molecule has 1 amide bonds. The molecule has 0 aliphatic carbocycles. The average molecular weight is 333 g/mol. The maximum Gasteiger partial charge on any atom is 0.267 e. The van der Waals surface area contributed by atoms with Gasteiger partial charge in [-0.3, -0.25) is 4.79 Å². The number of rotatable bonds is 5. The highest BCUT2D eigenvalue weighted by molar-refractivity contribution is 5.82. The molecule has 1 saturated heterocycles. The van der Waals surface area contributed by atoms with E-state index in [4.69, 9.17) is 9.15 Å². The Morgan fingerprint density at radius 3 is 2.62 bits per heavy atom. The van der Waals surface area contributed by atoms with Crippen molar-refractivity contribution >= 4 is 5.91 Å². The molecule has 130 valence electrons. The molecule has 24 heavy (non-hydrogen) atoms. The van der Waals surface area contributed by atoms with Crippen LogP contribution in [0.5, 0.6) is 0 Å². The van der Waals surface area contributed by atoms with E-state index < -0.39 is 6.10 Å². The summed E-state index contributed by atoms with van der Waals surface area (Å²) in [6, 6.07) is 0. The maximum atomic E-state index is 12.5. The number of hydrogen-bond acceptors (Lipinski definition) is 6. The van der Waals surface area contributed by atoms with Crippen molar-refractivity contribution in [2.75, 3.05) is 20.2 Å². The summed E-state index contributed by atoms with van der Waals surface area (Å²) in [5.41, 5.74) is 0.316. The Morgan fingerprint density at radius 2 is 2.08 bits per heavy atom. The lowest BCUT2D eigenvalue weighted by atomic mass is 9.81. The van der Waals surface area contributed by atoms with Crippen LogP contribution in [0.25, 0.3) is 11.6 Å². The highest BCUT2D eigenvalue weighted by Crippen LogP contribution is 2.35. The van der Waals surface area contributed by atoms with E-state index in [0.717, 1.165) is 0 Å². The number of hydrogen-bond donors (Lipinski definition) is 0. The second-order valence-electron chi connectivity index (χ2n) is 6.99. The molecular weight excluding hydrogens is 310 g/mol. The fraction of sp³-hybridized carbons (Fsp3) is 0.625. The van der Waals surface area contributed by atoms with Crippen LogP contribution in [-0.2, 0) is 22.0 Å². The third kappa shape index (κ3) is 2.82. The van der Waals surface area contributed by atoms with Crippen molar-refractivity contribution in [3.63, 3.8) is 0 Å². The lowest BCUT2D eigenvalue weighted by Crippen LogP contribution is -2.62. The predicted octanol–water partition coefficient (Wildman–Crippen LogP) is 1.24. The van der Waals surface area contributed by atoms with Crippen molar-refractivity contribution < 1.29 is 13.9 Å². The molecule has 0 bridgehead atoms. The highest BCUT2D eigenvalue weighted by Gasteiger charge is 2.48. The first kappa shape index (κ1) is 16.6. The van der Waals surface area contributed by atoms with Crippen molar-refractivity contribution in [3.8, 4) is 11.6 Å². The third-order valence-electron chi connectivity index (χ3n) is 4.36. The minimum absolute atomic E-state index is 0.00874. The number of amides is 1. The number of aromatic nitrogens is 4. The van der Waals surface area contributed by atoms with E-state index in [1.807, 2.05) is 38.6 Å². The van der Waals surface area contributed by atoms with Gasteiger partial charge in [0.2, 0.25) is 5.89 Å². The molecule has 1 atom stereocenters. The van der Waals surface area contributed by atoms with Crippen LogP contribution in [0.3, 0.4) is 0 Å². The van der Waals surface area contributed by atoms with Crippen LogP contribution in [0.2, 0.25) is 0 Å². The van der Waals surface area contributed by atoms with E-state index in [1.165, 1.54) is 0 Å². The number of imidazole rings is 1. The van der Waals surface area contributed by atoms with Crippen LogP contribution in [0.15, 0.2) is 16.9 Å². The van der Waals surface area contributed by atoms with E-state index in [1.54, 1.807) is 18.3 Å². The van der Waals surface area contributed by atoms with Gasteiger partial charge >= 0.3 is 0 Å². The van der Waals surface area contributed by atoms with Gasteiger partial charge in [0, 0.05) is 33.4 Å². The van der Waals surface area contributed by atoms with E-state index in [-0.39, 0.29) is 17.2 Å². The molecule has 0 aromatic carbocycles. The fourth-order valence-electron chi connectivity index (χ4n) is 3.02. The Morgan fingerprint density at radius 1 is 1.38 bits per heavy atom. The number of carbonyl (C=O) groups is 1. The normalized spacial score (nSPS) is 17.8. The van der Waals surface area contributed by atoms with Gasteiger partial charge in [-0.05, 0) is 12.8 Å². The second-order valence-corrected chi connectivity index (χ2v) is 6.99. The summed E-state index contributed by atoms with van der Waals surface area (Å²) >= 11 is 0. The molecule has 0 N–H and O–H groups in total. The van der Waals surface area contributed by atoms with E-state index in [9.17, 15) is 4.79 Å². The number of nitrogens with zero attached hydrogens (tertiary/aromatic N) is 5. The number of carbonyl (C=O) groups excluding carboxylic acids is 1. The smallest absolute Gasteiger partial charge is 0.267 e. The van der Waals surface area contributed by atoms with Crippen LogP contribution in [0.4, 0.5) is 0 Å². The molecule has 0 spiro atoms. The zero-order valence-corrected chi connectivity index (χ0v) is 14.7. The predicted molar refractivity (Wildman–Crippen MR) is 86.1 cm³/mol.